The van der Waals surface area contributed by atoms with E-state index in [-0.39, 0.29) is 25.2 Å². The molecule has 4 aromatic rings. The van der Waals surface area contributed by atoms with Gasteiger partial charge in [-0.05, 0) is 118 Å². The number of carbonyl (C=O) groups is 3. The van der Waals surface area contributed by atoms with Gasteiger partial charge in [0.25, 0.3) is 0 Å². The molecule has 12 heteroatoms. The number of nitrogens with one attached hydrogen (secondary N) is 1. The average molecular weight is 754 g/mol. The summed E-state index contributed by atoms with van der Waals surface area (Å²) >= 11 is 0. The van der Waals surface area contributed by atoms with Gasteiger partial charge in [0, 0.05) is 5.69 Å². The Morgan fingerprint density at radius 2 is 1.52 bits per heavy atom. The number of anilines is 1. The van der Waals surface area contributed by atoms with Gasteiger partial charge >= 0.3 is 12.1 Å². The first-order valence-corrected chi connectivity index (χ1v) is 21.2. The van der Waals surface area contributed by atoms with Crippen molar-refractivity contribution in [2.24, 2.45) is 11.3 Å². The van der Waals surface area contributed by atoms with E-state index in [2.05, 4.69) is 11.4 Å². The highest BCUT2D eigenvalue weighted by molar-refractivity contribution is 6.69. The van der Waals surface area contributed by atoms with Crippen LogP contribution in [0, 0.1) is 34.3 Å². The summed E-state index contributed by atoms with van der Waals surface area (Å²) in [5, 5.41) is 14.2. The van der Waals surface area contributed by atoms with Crippen molar-refractivity contribution in [2.75, 3.05) is 11.9 Å². The molecule has 9 nitrogen and oxygen atoms in total. The van der Waals surface area contributed by atoms with Crippen LogP contribution in [0.1, 0.15) is 62.4 Å². The lowest BCUT2D eigenvalue weighted by atomic mass is 9.82. The molecule has 4 aromatic carbocycles. The highest BCUT2D eigenvalue weighted by Crippen LogP contribution is 2.41. The predicted molar refractivity (Wildman–Crippen MR) is 203 cm³/mol. The van der Waals surface area contributed by atoms with Crippen LogP contribution in [0.15, 0.2) is 103 Å². The van der Waals surface area contributed by atoms with E-state index in [1.807, 2.05) is 50.0 Å². The quantitative estimate of drug-likeness (QED) is 0.0816. The fourth-order valence-electron chi connectivity index (χ4n) is 6.34. The van der Waals surface area contributed by atoms with Crippen LogP contribution < -0.4 is 10.1 Å². The van der Waals surface area contributed by atoms with Crippen molar-refractivity contribution < 1.29 is 37.1 Å². The van der Waals surface area contributed by atoms with E-state index in [4.69, 9.17) is 13.9 Å². The fraction of sp³-hybridized carbons (Fsp3) is 0.333. The van der Waals surface area contributed by atoms with Crippen molar-refractivity contribution in [1.82, 2.24) is 4.90 Å². The van der Waals surface area contributed by atoms with Crippen LogP contribution in [0.3, 0.4) is 0 Å². The number of benzene rings is 4. The molecule has 1 heterocycles. The maximum Gasteiger partial charge on any atom is 0.417 e. The molecular weight excluding hydrogens is 709 g/mol. The second kappa shape index (κ2) is 16.3. The number of nitriles is 1. The third-order valence-electron chi connectivity index (χ3n) is 9.02. The van der Waals surface area contributed by atoms with E-state index in [0.29, 0.717) is 22.4 Å². The number of esters is 1. The summed E-state index contributed by atoms with van der Waals surface area (Å²) in [5.41, 5.74) is -0.147. The Labute approximate surface area is 316 Å². The SMILES string of the molecule is CC(C)(C)C(=O)Oc1ccc([C@@H](Nc2ccc(F)cc2)[C@@H](CCC(C#N)(O[Si](C)(C)C)c2ccc(F)cc2)C(=O)N2C(=O)OC[C@@H]2c2ccccc2)cc1. The standard InChI is InChI=1S/C42H45F2N3O6Si/c1-41(2,3)39(49)52-34-22-12-29(13-23-34)37(46-33-20-18-32(44)19-21-33)35(38(48)47-36(26-51-40(47)50)28-10-8-7-9-11-28)24-25-42(27-45,53-54(4,5)6)30-14-16-31(43)17-15-30/h7-23,35-37,46H,24-26H2,1-6H3/t35-,36-,37-,42?/m1/s1. The zero-order valence-electron chi connectivity index (χ0n) is 31.3. The van der Waals surface area contributed by atoms with Crippen molar-refractivity contribution in [2.45, 2.75) is 70.9 Å². The number of hydrogen-bond acceptors (Lipinski definition) is 8. The zero-order chi connectivity index (χ0) is 39.3. The number of carbonyl (C=O) groups excluding carboxylic acids is 3. The van der Waals surface area contributed by atoms with Crippen molar-refractivity contribution in [3.05, 3.63) is 131 Å². The maximum atomic E-state index is 15.1. The number of imide groups is 1. The average Bonchev–Trinajstić information content (AvgIpc) is 3.52. The molecule has 54 heavy (non-hydrogen) atoms. The van der Waals surface area contributed by atoms with E-state index in [9.17, 15) is 23.6 Å². The number of amides is 2. The summed E-state index contributed by atoms with van der Waals surface area (Å²) in [7, 11) is -2.47. The molecule has 0 bridgehead atoms. The van der Waals surface area contributed by atoms with E-state index in [1.54, 1.807) is 45.0 Å². The van der Waals surface area contributed by atoms with Gasteiger partial charge in [0.2, 0.25) is 5.91 Å². The number of nitrogens with zero attached hydrogens (tertiary/aromatic N) is 2. The van der Waals surface area contributed by atoms with Crippen LogP contribution in [0.4, 0.5) is 19.3 Å². The molecule has 1 aliphatic heterocycles. The molecule has 1 saturated heterocycles. The zero-order valence-corrected chi connectivity index (χ0v) is 32.3. The van der Waals surface area contributed by atoms with Crippen molar-refractivity contribution >= 4 is 32.0 Å². The summed E-state index contributed by atoms with van der Waals surface area (Å²) in [6.45, 7) is 11.0. The number of cyclic esters (lactones) is 1. The number of hydrogen-bond donors (Lipinski definition) is 1. The van der Waals surface area contributed by atoms with Gasteiger partial charge in [0.1, 0.15) is 36.1 Å². The van der Waals surface area contributed by atoms with E-state index in [0.717, 1.165) is 4.90 Å². The molecule has 2 amide bonds. The largest absolute Gasteiger partial charge is 0.446 e. The fourth-order valence-corrected chi connectivity index (χ4v) is 7.65. The number of ether oxygens (including phenoxy) is 2. The second-order valence-electron chi connectivity index (χ2n) is 15.4. The Bertz CT molecular complexity index is 1970. The first-order chi connectivity index (χ1) is 25.5. The Kier molecular flexibility index (Phi) is 12.0. The highest BCUT2D eigenvalue weighted by Gasteiger charge is 2.46. The monoisotopic (exact) mass is 753 g/mol. The summed E-state index contributed by atoms with van der Waals surface area (Å²) in [5.74, 6) is -2.72. The molecule has 5 rings (SSSR count). The van der Waals surface area contributed by atoms with Gasteiger partial charge in [-0.15, -0.1) is 0 Å². The molecule has 282 valence electrons. The number of rotatable bonds is 13. The molecule has 0 radical (unpaired) electrons. The van der Waals surface area contributed by atoms with Crippen molar-refractivity contribution in [1.29, 1.82) is 5.26 Å². The van der Waals surface area contributed by atoms with E-state index >= 15 is 4.79 Å². The molecule has 4 atom stereocenters. The van der Waals surface area contributed by atoms with Gasteiger partial charge in [0.15, 0.2) is 13.9 Å². The molecule has 1 unspecified atom stereocenters. The minimum atomic E-state index is -2.47. The van der Waals surface area contributed by atoms with Gasteiger partial charge in [-0.1, -0.05) is 54.6 Å². The predicted octanol–water partition coefficient (Wildman–Crippen LogP) is 9.46. The topological polar surface area (TPSA) is 118 Å². The van der Waals surface area contributed by atoms with Crippen LogP contribution in [0.5, 0.6) is 5.75 Å². The molecular formula is C42H45F2N3O6Si. The van der Waals surface area contributed by atoms with Crippen LogP contribution in [-0.4, -0.2) is 37.8 Å². The Hall–Kier alpha value is -5.38. The molecule has 0 spiro atoms. The van der Waals surface area contributed by atoms with Crippen LogP contribution >= 0.6 is 0 Å². The number of halogens is 2. The van der Waals surface area contributed by atoms with Gasteiger partial charge in [-0.3, -0.25) is 9.59 Å². The Morgan fingerprint density at radius 3 is 2.07 bits per heavy atom. The molecule has 1 aliphatic rings. The Morgan fingerprint density at radius 1 is 0.926 bits per heavy atom. The van der Waals surface area contributed by atoms with Crippen LogP contribution in [0.2, 0.25) is 19.6 Å². The summed E-state index contributed by atoms with van der Waals surface area (Å²) in [6.07, 6.45) is -0.830. The van der Waals surface area contributed by atoms with Crippen LogP contribution in [0.25, 0.3) is 0 Å². The lowest BCUT2D eigenvalue weighted by Gasteiger charge is -2.37. The van der Waals surface area contributed by atoms with E-state index < -0.39 is 66.9 Å². The van der Waals surface area contributed by atoms with Crippen molar-refractivity contribution in [3.63, 3.8) is 0 Å². The molecule has 1 fully saturated rings. The van der Waals surface area contributed by atoms with Gasteiger partial charge in [0.05, 0.1) is 17.4 Å². The van der Waals surface area contributed by atoms with Gasteiger partial charge in [-0.25, -0.2) is 18.5 Å². The molecule has 1 N–H and O–H groups in total. The third kappa shape index (κ3) is 9.58. The molecule has 0 saturated carbocycles. The maximum absolute atomic E-state index is 15.1. The molecule has 0 aromatic heterocycles. The van der Waals surface area contributed by atoms with E-state index in [1.165, 1.54) is 48.5 Å². The summed E-state index contributed by atoms with van der Waals surface area (Å²) in [4.78, 5) is 42.3. The van der Waals surface area contributed by atoms with Crippen molar-refractivity contribution in [3.8, 4) is 11.8 Å². The first kappa shape index (κ1) is 39.8. The Balaban J connectivity index is 1.63. The lowest BCUT2D eigenvalue weighted by molar-refractivity contribution is -0.143. The molecule has 0 aliphatic carbocycles. The first-order valence-electron chi connectivity index (χ1n) is 17.8. The lowest BCUT2D eigenvalue weighted by Crippen LogP contribution is -2.44. The normalized spacial score (nSPS) is 16.8. The van der Waals surface area contributed by atoms with Gasteiger partial charge in [-0.2, -0.15) is 5.26 Å². The second-order valence-corrected chi connectivity index (χ2v) is 19.8. The highest BCUT2D eigenvalue weighted by atomic mass is 28.4. The minimum absolute atomic E-state index is 0.000831. The minimum Gasteiger partial charge on any atom is -0.446 e. The van der Waals surface area contributed by atoms with Gasteiger partial charge < -0.3 is 19.2 Å². The summed E-state index contributed by atoms with van der Waals surface area (Å²) < 4.78 is 45.9. The summed E-state index contributed by atoms with van der Waals surface area (Å²) in [6, 6.07) is 27.6. The smallest absolute Gasteiger partial charge is 0.417 e. The third-order valence-corrected chi connectivity index (χ3v) is 9.98. The van der Waals surface area contributed by atoms with Crippen LogP contribution in [-0.2, 0) is 24.4 Å².